The summed E-state index contributed by atoms with van der Waals surface area (Å²) in [5, 5.41) is 4.17. The topological polar surface area (TPSA) is 53.1 Å². The summed E-state index contributed by atoms with van der Waals surface area (Å²) in [7, 11) is 0. The van der Waals surface area contributed by atoms with E-state index in [-0.39, 0.29) is 5.82 Å². The first-order chi connectivity index (χ1) is 9.22. The number of aromatic nitrogens is 2. The van der Waals surface area contributed by atoms with Crippen molar-refractivity contribution in [3.8, 4) is 5.75 Å². The third kappa shape index (κ3) is 3.54. The molecule has 5 heteroatoms. The summed E-state index contributed by atoms with van der Waals surface area (Å²) in [4.78, 5) is 0. The van der Waals surface area contributed by atoms with Gasteiger partial charge in [0.05, 0.1) is 12.4 Å². The molecule has 2 aromatic rings. The summed E-state index contributed by atoms with van der Waals surface area (Å²) in [5.41, 5.74) is 7.28. The van der Waals surface area contributed by atoms with Crippen LogP contribution < -0.4 is 10.5 Å². The molecular weight excluding hydrogens is 245 g/mol. The van der Waals surface area contributed by atoms with Crippen LogP contribution in [-0.4, -0.2) is 9.78 Å². The van der Waals surface area contributed by atoms with E-state index in [0.717, 1.165) is 24.1 Å². The van der Waals surface area contributed by atoms with Gasteiger partial charge in [0.1, 0.15) is 12.4 Å². The Morgan fingerprint density at radius 2 is 2.21 bits per heavy atom. The van der Waals surface area contributed by atoms with Gasteiger partial charge in [-0.3, -0.25) is 4.68 Å². The summed E-state index contributed by atoms with van der Waals surface area (Å²) >= 11 is 0. The number of rotatable bonds is 6. The first kappa shape index (κ1) is 13.5. The van der Waals surface area contributed by atoms with Crippen LogP contribution in [0.4, 0.5) is 4.39 Å². The van der Waals surface area contributed by atoms with Gasteiger partial charge in [-0.25, -0.2) is 4.39 Å². The van der Waals surface area contributed by atoms with Crippen molar-refractivity contribution < 1.29 is 9.13 Å². The first-order valence-corrected chi connectivity index (χ1v) is 6.35. The lowest BCUT2D eigenvalue weighted by molar-refractivity contribution is 0.304. The quantitative estimate of drug-likeness (QED) is 0.871. The first-order valence-electron chi connectivity index (χ1n) is 6.35. The molecule has 1 aromatic carbocycles. The number of aryl methyl sites for hydroxylation is 1. The van der Waals surface area contributed by atoms with Crippen molar-refractivity contribution in [2.24, 2.45) is 5.73 Å². The number of benzene rings is 1. The van der Waals surface area contributed by atoms with E-state index in [2.05, 4.69) is 12.0 Å². The largest absolute Gasteiger partial charge is 0.486 e. The maximum Gasteiger partial charge on any atom is 0.157 e. The summed E-state index contributed by atoms with van der Waals surface area (Å²) in [6.07, 6.45) is 4.52. The average molecular weight is 263 g/mol. The number of nitrogens with two attached hydrogens (primary N) is 1. The fraction of sp³-hybridized carbons (Fsp3) is 0.357. The zero-order valence-corrected chi connectivity index (χ0v) is 11.0. The van der Waals surface area contributed by atoms with Gasteiger partial charge in [0.15, 0.2) is 5.75 Å². The van der Waals surface area contributed by atoms with Gasteiger partial charge < -0.3 is 10.5 Å². The summed E-state index contributed by atoms with van der Waals surface area (Å²) in [6, 6.07) is 4.55. The normalized spacial score (nSPS) is 10.7. The molecule has 0 bridgehead atoms. The molecule has 0 aliphatic rings. The van der Waals surface area contributed by atoms with Gasteiger partial charge in [-0.1, -0.05) is 13.0 Å². The molecule has 0 spiro atoms. The molecular formula is C14H18FN3O. The molecule has 1 heterocycles. The highest BCUT2D eigenvalue weighted by Crippen LogP contribution is 2.15. The van der Waals surface area contributed by atoms with E-state index in [1.165, 1.54) is 12.1 Å². The van der Waals surface area contributed by atoms with E-state index >= 15 is 0 Å². The van der Waals surface area contributed by atoms with Gasteiger partial charge in [-0.2, -0.15) is 5.10 Å². The van der Waals surface area contributed by atoms with Crippen LogP contribution in [0.25, 0.3) is 0 Å². The summed E-state index contributed by atoms with van der Waals surface area (Å²) in [5.74, 6) is 0.401. The third-order valence-corrected chi connectivity index (χ3v) is 2.84. The van der Waals surface area contributed by atoms with Crippen LogP contribution in [0.1, 0.15) is 24.5 Å². The van der Waals surface area contributed by atoms with Crippen LogP contribution in [-0.2, 0) is 19.7 Å². The smallest absolute Gasteiger partial charge is 0.157 e. The maximum absolute atomic E-state index is 13.2. The van der Waals surface area contributed by atoms with E-state index < -0.39 is 0 Å². The van der Waals surface area contributed by atoms with E-state index in [0.29, 0.717) is 18.9 Å². The molecule has 0 fully saturated rings. The second-order valence-corrected chi connectivity index (χ2v) is 4.34. The molecule has 0 aliphatic heterocycles. The number of nitrogens with zero attached hydrogens (tertiary/aromatic N) is 2. The Labute approximate surface area is 112 Å². The number of hydrogen-bond acceptors (Lipinski definition) is 3. The standard InChI is InChI=1S/C14H18FN3O/c1-2-5-18-9-14(8-17-18)19-10-12-6-13(15)4-3-11(12)7-16/h3-4,6,8-9H,2,5,7,10,16H2,1H3. The molecule has 102 valence electrons. The molecule has 0 saturated heterocycles. The number of hydrogen-bond donors (Lipinski definition) is 1. The van der Waals surface area contributed by atoms with Gasteiger partial charge in [0.25, 0.3) is 0 Å². The van der Waals surface area contributed by atoms with Crippen LogP contribution in [0, 0.1) is 5.82 Å². The minimum atomic E-state index is -0.280. The lowest BCUT2D eigenvalue weighted by Gasteiger charge is -2.08. The Bertz CT molecular complexity index is 539. The Balaban J connectivity index is 2.03. The molecule has 2 N–H and O–H groups in total. The predicted molar refractivity (Wildman–Crippen MR) is 71.1 cm³/mol. The van der Waals surface area contributed by atoms with E-state index in [1.54, 1.807) is 12.3 Å². The van der Waals surface area contributed by atoms with Crippen LogP contribution in [0.15, 0.2) is 30.6 Å². The molecule has 0 saturated carbocycles. The van der Waals surface area contributed by atoms with Crippen molar-refractivity contribution in [1.82, 2.24) is 9.78 Å². The van der Waals surface area contributed by atoms with Crippen LogP contribution >= 0.6 is 0 Å². The van der Waals surface area contributed by atoms with Crippen LogP contribution in [0.3, 0.4) is 0 Å². The minimum absolute atomic E-state index is 0.280. The molecule has 0 aliphatic carbocycles. The van der Waals surface area contributed by atoms with Crippen molar-refractivity contribution in [1.29, 1.82) is 0 Å². The Morgan fingerprint density at radius 1 is 1.37 bits per heavy atom. The minimum Gasteiger partial charge on any atom is -0.486 e. The van der Waals surface area contributed by atoms with Crippen molar-refractivity contribution in [3.05, 3.63) is 47.5 Å². The van der Waals surface area contributed by atoms with Gasteiger partial charge in [0, 0.05) is 13.1 Å². The van der Waals surface area contributed by atoms with Crippen molar-refractivity contribution in [2.45, 2.75) is 33.0 Å². The highest BCUT2D eigenvalue weighted by molar-refractivity contribution is 5.28. The van der Waals surface area contributed by atoms with Crippen molar-refractivity contribution >= 4 is 0 Å². The molecule has 2 rings (SSSR count). The lowest BCUT2D eigenvalue weighted by atomic mass is 10.1. The van der Waals surface area contributed by atoms with Gasteiger partial charge in [-0.15, -0.1) is 0 Å². The average Bonchev–Trinajstić information content (AvgIpc) is 2.85. The maximum atomic E-state index is 13.2. The zero-order valence-electron chi connectivity index (χ0n) is 11.0. The lowest BCUT2D eigenvalue weighted by Crippen LogP contribution is -2.05. The SMILES string of the molecule is CCCn1cc(OCc2cc(F)ccc2CN)cn1. The molecule has 19 heavy (non-hydrogen) atoms. The van der Waals surface area contributed by atoms with Crippen molar-refractivity contribution in [3.63, 3.8) is 0 Å². The Morgan fingerprint density at radius 3 is 2.95 bits per heavy atom. The van der Waals surface area contributed by atoms with Crippen molar-refractivity contribution in [2.75, 3.05) is 0 Å². The molecule has 1 aromatic heterocycles. The third-order valence-electron chi connectivity index (χ3n) is 2.84. The predicted octanol–water partition coefficient (Wildman–Crippen LogP) is 2.47. The fourth-order valence-electron chi connectivity index (χ4n) is 1.86. The summed E-state index contributed by atoms with van der Waals surface area (Å²) in [6.45, 7) is 3.61. The molecule has 0 unspecified atom stereocenters. The second kappa shape index (κ2) is 6.33. The molecule has 4 nitrogen and oxygen atoms in total. The molecule has 0 atom stereocenters. The number of ether oxygens (including phenoxy) is 1. The van der Waals surface area contributed by atoms with Gasteiger partial charge in [-0.05, 0) is 29.7 Å². The zero-order chi connectivity index (χ0) is 13.7. The van der Waals surface area contributed by atoms with Crippen LogP contribution in [0.5, 0.6) is 5.75 Å². The second-order valence-electron chi connectivity index (χ2n) is 4.34. The summed E-state index contributed by atoms with van der Waals surface area (Å²) < 4.78 is 20.6. The van der Waals surface area contributed by atoms with Gasteiger partial charge >= 0.3 is 0 Å². The number of halogens is 1. The molecule has 0 amide bonds. The Kier molecular flexibility index (Phi) is 4.52. The van der Waals surface area contributed by atoms with E-state index in [1.807, 2.05) is 10.9 Å². The van der Waals surface area contributed by atoms with Crippen LogP contribution in [0.2, 0.25) is 0 Å². The highest BCUT2D eigenvalue weighted by Gasteiger charge is 2.05. The monoisotopic (exact) mass is 263 g/mol. The Hall–Kier alpha value is -1.88. The van der Waals surface area contributed by atoms with E-state index in [4.69, 9.17) is 10.5 Å². The van der Waals surface area contributed by atoms with Gasteiger partial charge in [0.2, 0.25) is 0 Å². The fourth-order valence-corrected chi connectivity index (χ4v) is 1.86. The van der Waals surface area contributed by atoms with E-state index in [9.17, 15) is 4.39 Å². The molecule has 0 radical (unpaired) electrons. The highest BCUT2D eigenvalue weighted by atomic mass is 19.1.